The van der Waals surface area contributed by atoms with E-state index in [1.54, 1.807) is 55.8 Å². The van der Waals surface area contributed by atoms with E-state index in [4.69, 9.17) is 21.1 Å². The minimum Gasteiger partial charge on any atom is -0.493 e. The zero-order chi connectivity index (χ0) is 22.5. The van der Waals surface area contributed by atoms with E-state index in [2.05, 4.69) is 15.3 Å². The van der Waals surface area contributed by atoms with Gasteiger partial charge in [0.2, 0.25) is 5.88 Å². The topological polar surface area (TPSA) is 73.3 Å². The predicted molar refractivity (Wildman–Crippen MR) is 120 cm³/mol. The molecule has 3 aromatic carbocycles. The molecule has 1 heterocycles. The lowest BCUT2D eigenvalue weighted by molar-refractivity contribution is 0.102. The van der Waals surface area contributed by atoms with Gasteiger partial charge in [-0.25, -0.2) is 9.37 Å². The number of carbonyl (C=O) groups excluding carboxylic acids is 1. The second-order valence-electron chi connectivity index (χ2n) is 6.64. The Labute approximate surface area is 188 Å². The van der Waals surface area contributed by atoms with Crippen LogP contribution in [0.2, 0.25) is 5.02 Å². The van der Waals surface area contributed by atoms with Crippen molar-refractivity contribution in [3.8, 4) is 28.8 Å². The van der Waals surface area contributed by atoms with Gasteiger partial charge in [-0.15, -0.1) is 0 Å². The van der Waals surface area contributed by atoms with Crippen LogP contribution in [0.15, 0.2) is 79.0 Å². The van der Waals surface area contributed by atoms with Gasteiger partial charge in [-0.05, 0) is 42.5 Å². The Hall–Kier alpha value is -3.97. The molecule has 0 saturated heterocycles. The van der Waals surface area contributed by atoms with Crippen LogP contribution in [0.1, 0.15) is 10.4 Å². The molecule has 160 valence electrons. The molecule has 8 heteroatoms. The van der Waals surface area contributed by atoms with Gasteiger partial charge in [0, 0.05) is 29.1 Å². The number of anilines is 1. The summed E-state index contributed by atoms with van der Waals surface area (Å²) in [6.07, 6.45) is 1.57. The molecule has 0 atom stereocenters. The summed E-state index contributed by atoms with van der Waals surface area (Å²) in [4.78, 5) is 21.4. The first-order chi connectivity index (χ1) is 15.5. The molecule has 6 nitrogen and oxygen atoms in total. The van der Waals surface area contributed by atoms with E-state index >= 15 is 0 Å². The molecule has 0 radical (unpaired) electrons. The summed E-state index contributed by atoms with van der Waals surface area (Å²) in [6, 6.07) is 19.6. The van der Waals surface area contributed by atoms with E-state index in [1.165, 1.54) is 18.2 Å². The monoisotopic (exact) mass is 449 g/mol. The van der Waals surface area contributed by atoms with Crippen LogP contribution in [0.3, 0.4) is 0 Å². The fourth-order valence-electron chi connectivity index (χ4n) is 2.93. The molecule has 1 amide bonds. The second-order valence-corrected chi connectivity index (χ2v) is 7.04. The van der Waals surface area contributed by atoms with Crippen molar-refractivity contribution in [2.75, 3.05) is 12.4 Å². The SMILES string of the molecule is COc1ccccc1Oc1ccnc(-c2cccc(C(=O)Nc3ccc(F)c(Cl)c3)c2)n1. The number of hydrogen-bond acceptors (Lipinski definition) is 5. The van der Waals surface area contributed by atoms with Crippen molar-refractivity contribution in [2.45, 2.75) is 0 Å². The minimum absolute atomic E-state index is 0.0724. The summed E-state index contributed by atoms with van der Waals surface area (Å²) >= 11 is 5.78. The molecule has 1 N–H and O–H groups in total. The number of nitrogens with one attached hydrogen (secondary N) is 1. The highest BCUT2D eigenvalue weighted by Gasteiger charge is 2.12. The molecule has 0 aliphatic heterocycles. The molecule has 4 rings (SSSR count). The Morgan fingerprint density at radius 2 is 1.81 bits per heavy atom. The van der Waals surface area contributed by atoms with Crippen molar-refractivity contribution >= 4 is 23.2 Å². The molecule has 0 unspecified atom stereocenters. The van der Waals surface area contributed by atoms with Gasteiger partial charge in [-0.1, -0.05) is 35.9 Å². The highest BCUT2D eigenvalue weighted by atomic mass is 35.5. The number of aromatic nitrogens is 2. The average molecular weight is 450 g/mol. The first-order valence-electron chi connectivity index (χ1n) is 9.54. The smallest absolute Gasteiger partial charge is 0.255 e. The van der Waals surface area contributed by atoms with Crippen molar-refractivity contribution in [1.29, 1.82) is 0 Å². The summed E-state index contributed by atoms with van der Waals surface area (Å²) in [5.41, 5.74) is 1.39. The quantitative estimate of drug-likeness (QED) is 0.391. The van der Waals surface area contributed by atoms with Crippen molar-refractivity contribution < 1.29 is 18.7 Å². The van der Waals surface area contributed by atoms with Crippen LogP contribution < -0.4 is 14.8 Å². The van der Waals surface area contributed by atoms with Crippen LogP contribution in [0.25, 0.3) is 11.4 Å². The molecular weight excluding hydrogens is 433 g/mol. The molecule has 0 aliphatic rings. The van der Waals surface area contributed by atoms with Crippen LogP contribution in [0.4, 0.5) is 10.1 Å². The van der Waals surface area contributed by atoms with Gasteiger partial charge in [0.15, 0.2) is 17.3 Å². The molecule has 4 aromatic rings. The maximum atomic E-state index is 13.3. The lowest BCUT2D eigenvalue weighted by atomic mass is 10.1. The van der Waals surface area contributed by atoms with Gasteiger partial charge in [0.1, 0.15) is 5.82 Å². The lowest BCUT2D eigenvalue weighted by Gasteiger charge is -2.10. The van der Waals surface area contributed by atoms with E-state index in [0.29, 0.717) is 40.0 Å². The first kappa shape index (κ1) is 21.3. The van der Waals surface area contributed by atoms with Crippen LogP contribution in [0, 0.1) is 5.82 Å². The molecule has 0 fully saturated rings. The van der Waals surface area contributed by atoms with E-state index in [1.807, 2.05) is 12.1 Å². The number of para-hydroxylation sites is 2. The van der Waals surface area contributed by atoms with E-state index < -0.39 is 5.82 Å². The van der Waals surface area contributed by atoms with E-state index in [9.17, 15) is 9.18 Å². The summed E-state index contributed by atoms with van der Waals surface area (Å²) in [6.45, 7) is 0. The van der Waals surface area contributed by atoms with Gasteiger partial charge in [0.05, 0.1) is 12.1 Å². The molecule has 0 aliphatic carbocycles. The fraction of sp³-hybridized carbons (Fsp3) is 0.0417. The number of nitrogens with zero attached hydrogens (tertiary/aromatic N) is 2. The van der Waals surface area contributed by atoms with Crippen molar-refractivity contribution in [3.63, 3.8) is 0 Å². The molecule has 0 spiro atoms. The summed E-state index contributed by atoms with van der Waals surface area (Å²) < 4.78 is 24.5. The number of hydrogen-bond donors (Lipinski definition) is 1. The van der Waals surface area contributed by atoms with Gasteiger partial charge in [-0.2, -0.15) is 4.98 Å². The molecule has 0 saturated carbocycles. The lowest BCUT2D eigenvalue weighted by Crippen LogP contribution is -2.12. The van der Waals surface area contributed by atoms with E-state index in [-0.39, 0.29) is 10.9 Å². The molecule has 0 bridgehead atoms. The van der Waals surface area contributed by atoms with Crippen LogP contribution in [-0.2, 0) is 0 Å². The van der Waals surface area contributed by atoms with Gasteiger partial charge >= 0.3 is 0 Å². The zero-order valence-corrected chi connectivity index (χ0v) is 17.6. The number of halogens is 2. The molecule has 32 heavy (non-hydrogen) atoms. The number of benzene rings is 3. The number of amides is 1. The normalized spacial score (nSPS) is 10.5. The van der Waals surface area contributed by atoms with Crippen LogP contribution in [0.5, 0.6) is 17.4 Å². The van der Waals surface area contributed by atoms with Crippen molar-refractivity contribution in [1.82, 2.24) is 9.97 Å². The maximum Gasteiger partial charge on any atom is 0.255 e. The Bertz CT molecular complexity index is 1280. The average Bonchev–Trinajstić information content (AvgIpc) is 2.82. The number of ether oxygens (including phenoxy) is 2. The Morgan fingerprint density at radius 3 is 2.59 bits per heavy atom. The third-order valence-electron chi connectivity index (χ3n) is 4.47. The third kappa shape index (κ3) is 4.84. The van der Waals surface area contributed by atoms with Crippen LogP contribution >= 0.6 is 11.6 Å². The summed E-state index contributed by atoms with van der Waals surface area (Å²) in [7, 11) is 1.56. The number of carbonyl (C=O) groups is 1. The third-order valence-corrected chi connectivity index (χ3v) is 4.76. The molecule has 1 aromatic heterocycles. The number of rotatable bonds is 6. The Balaban J connectivity index is 1.56. The van der Waals surface area contributed by atoms with Gasteiger partial charge in [0.25, 0.3) is 5.91 Å². The largest absolute Gasteiger partial charge is 0.493 e. The van der Waals surface area contributed by atoms with Gasteiger partial charge in [-0.3, -0.25) is 4.79 Å². The number of methoxy groups -OCH3 is 1. The van der Waals surface area contributed by atoms with Crippen LogP contribution in [-0.4, -0.2) is 23.0 Å². The van der Waals surface area contributed by atoms with E-state index in [0.717, 1.165) is 0 Å². The Kier molecular flexibility index (Phi) is 6.28. The predicted octanol–water partition coefficient (Wildman–Crippen LogP) is 5.99. The Morgan fingerprint density at radius 1 is 1.00 bits per heavy atom. The highest BCUT2D eigenvalue weighted by Crippen LogP contribution is 2.30. The minimum atomic E-state index is -0.556. The summed E-state index contributed by atoms with van der Waals surface area (Å²) in [5.74, 6) is 0.875. The zero-order valence-electron chi connectivity index (χ0n) is 16.9. The highest BCUT2D eigenvalue weighted by molar-refractivity contribution is 6.31. The first-order valence-corrected chi connectivity index (χ1v) is 9.92. The standard InChI is InChI=1S/C24H17ClFN3O3/c1-31-20-7-2-3-8-21(20)32-22-11-12-27-23(29-22)15-5-4-6-16(13-15)24(30)28-17-9-10-19(26)18(25)14-17/h2-14H,1H3,(H,28,30). The summed E-state index contributed by atoms with van der Waals surface area (Å²) in [5, 5.41) is 2.62. The fourth-order valence-corrected chi connectivity index (χ4v) is 3.11. The molecular formula is C24H17ClFN3O3. The van der Waals surface area contributed by atoms with Crippen molar-refractivity contribution in [3.05, 3.63) is 95.4 Å². The van der Waals surface area contributed by atoms with Crippen molar-refractivity contribution in [2.24, 2.45) is 0 Å². The maximum absolute atomic E-state index is 13.3. The van der Waals surface area contributed by atoms with Gasteiger partial charge < -0.3 is 14.8 Å². The second kappa shape index (κ2) is 9.45.